The van der Waals surface area contributed by atoms with Crippen LogP contribution in [0.5, 0.6) is 0 Å². The van der Waals surface area contributed by atoms with Crippen molar-refractivity contribution in [3.8, 4) is 0 Å². The van der Waals surface area contributed by atoms with E-state index in [0.29, 0.717) is 11.6 Å². The van der Waals surface area contributed by atoms with Crippen molar-refractivity contribution in [3.05, 3.63) is 28.8 Å². The third kappa shape index (κ3) is 4.99. The van der Waals surface area contributed by atoms with Gasteiger partial charge in [-0.05, 0) is 57.6 Å². The standard InChI is InChI=1S/C16H24ClN3O/c1-13-14(17)6-5-7-15(13)18-16(21)12-19(2)10-11-20-8-3-4-9-20/h5-7H,3-4,8-12H2,1-2H3,(H,18,21). The van der Waals surface area contributed by atoms with Gasteiger partial charge >= 0.3 is 0 Å². The van der Waals surface area contributed by atoms with Crippen LogP contribution in [0, 0.1) is 6.92 Å². The molecule has 1 heterocycles. The topological polar surface area (TPSA) is 35.6 Å². The fraction of sp³-hybridized carbons (Fsp3) is 0.562. The lowest BCUT2D eigenvalue weighted by Gasteiger charge is -2.21. The van der Waals surface area contributed by atoms with Crippen LogP contribution in [0.25, 0.3) is 0 Å². The molecule has 1 aromatic rings. The first-order valence-corrected chi connectivity index (χ1v) is 7.90. The van der Waals surface area contributed by atoms with Gasteiger partial charge in [0.2, 0.25) is 5.91 Å². The Morgan fingerprint density at radius 2 is 2.10 bits per heavy atom. The Morgan fingerprint density at radius 1 is 1.38 bits per heavy atom. The highest BCUT2D eigenvalue weighted by Gasteiger charge is 2.13. The highest BCUT2D eigenvalue weighted by atomic mass is 35.5. The normalized spacial score (nSPS) is 15.6. The number of nitrogens with zero attached hydrogens (tertiary/aromatic N) is 2. The second-order valence-electron chi connectivity index (χ2n) is 5.75. The summed E-state index contributed by atoms with van der Waals surface area (Å²) < 4.78 is 0. The van der Waals surface area contributed by atoms with Crippen molar-refractivity contribution in [2.24, 2.45) is 0 Å². The first-order valence-electron chi connectivity index (χ1n) is 7.52. The predicted molar refractivity (Wildman–Crippen MR) is 88.0 cm³/mol. The average molecular weight is 310 g/mol. The lowest BCUT2D eigenvalue weighted by Crippen LogP contribution is -2.36. The molecule has 0 aliphatic carbocycles. The van der Waals surface area contributed by atoms with Gasteiger partial charge in [0, 0.05) is 23.8 Å². The Hall–Kier alpha value is -1.10. The molecule has 1 N–H and O–H groups in total. The monoisotopic (exact) mass is 309 g/mol. The molecule has 0 atom stereocenters. The average Bonchev–Trinajstić information content (AvgIpc) is 2.95. The number of halogens is 1. The maximum Gasteiger partial charge on any atom is 0.238 e. The molecule has 21 heavy (non-hydrogen) atoms. The summed E-state index contributed by atoms with van der Waals surface area (Å²) in [5.74, 6) is 0.00397. The number of likely N-dealkylation sites (N-methyl/N-ethyl adjacent to an activating group) is 1. The second kappa shape index (κ2) is 7.78. The second-order valence-corrected chi connectivity index (χ2v) is 6.15. The van der Waals surface area contributed by atoms with Gasteiger partial charge in [-0.2, -0.15) is 0 Å². The van der Waals surface area contributed by atoms with E-state index < -0.39 is 0 Å². The third-order valence-corrected chi connectivity index (χ3v) is 4.36. The zero-order chi connectivity index (χ0) is 15.2. The molecule has 0 saturated carbocycles. The maximum atomic E-state index is 12.1. The van der Waals surface area contributed by atoms with E-state index >= 15 is 0 Å². The minimum Gasteiger partial charge on any atom is -0.325 e. The van der Waals surface area contributed by atoms with Gasteiger partial charge in [0.1, 0.15) is 0 Å². The minimum atomic E-state index is 0.00397. The Bertz CT molecular complexity index is 486. The highest BCUT2D eigenvalue weighted by Crippen LogP contribution is 2.22. The lowest BCUT2D eigenvalue weighted by molar-refractivity contribution is -0.117. The molecule has 116 valence electrons. The van der Waals surface area contributed by atoms with Gasteiger partial charge < -0.3 is 10.2 Å². The molecule has 0 radical (unpaired) electrons. The number of carbonyl (C=O) groups is 1. The number of amides is 1. The summed E-state index contributed by atoms with van der Waals surface area (Å²) in [7, 11) is 1.99. The van der Waals surface area contributed by atoms with E-state index in [4.69, 9.17) is 11.6 Å². The zero-order valence-corrected chi connectivity index (χ0v) is 13.6. The van der Waals surface area contributed by atoms with Crippen LogP contribution in [0.1, 0.15) is 18.4 Å². The van der Waals surface area contributed by atoms with E-state index in [2.05, 4.69) is 15.1 Å². The van der Waals surface area contributed by atoms with Crippen LogP contribution in [0.3, 0.4) is 0 Å². The van der Waals surface area contributed by atoms with Crippen molar-refractivity contribution in [3.63, 3.8) is 0 Å². The van der Waals surface area contributed by atoms with E-state index in [9.17, 15) is 4.79 Å². The van der Waals surface area contributed by atoms with Crippen molar-refractivity contribution >= 4 is 23.2 Å². The van der Waals surface area contributed by atoms with Crippen LogP contribution in [-0.2, 0) is 4.79 Å². The highest BCUT2D eigenvalue weighted by molar-refractivity contribution is 6.31. The Morgan fingerprint density at radius 3 is 2.81 bits per heavy atom. The van der Waals surface area contributed by atoms with Gasteiger partial charge in [0.05, 0.1) is 6.54 Å². The van der Waals surface area contributed by atoms with Crippen molar-refractivity contribution < 1.29 is 4.79 Å². The van der Waals surface area contributed by atoms with Gasteiger partial charge in [-0.3, -0.25) is 9.69 Å². The van der Waals surface area contributed by atoms with Crippen LogP contribution in [0.15, 0.2) is 18.2 Å². The molecule has 1 fully saturated rings. The molecule has 0 bridgehead atoms. The van der Waals surface area contributed by atoms with Crippen LogP contribution < -0.4 is 5.32 Å². The maximum absolute atomic E-state index is 12.1. The SMILES string of the molecule is Cc1c(Cl)cccc1NC(=O)CN(C)CCN1CCCC1. The number of rotatable bonds is 6. The zero-order valence-electron chi connectivity index (χ0n) is 12.9. The molecule has 1 aliphatic heterocycles. The first-order chi connectivity index (χ1) is 10.1. The smallest absolute Gasteiger partial charge is 0.238 e. The van der Waals surface area contributed by atoms with E-state index in [0.717, 1.165) is 24.3 Å². The van der Waals surface area contributed by atoms with E-state index in [-0.39, 0.29) is 5.91 Å². The number of hydrogen-bond acceptors (Lipinski definition) is 3. The number of benzene rings is 1. The Labute approximate surface area is 132 Å². The molecule has 1 amide bonds. The Balaban J connectivity index is 1.76. The molecular weight excluding hydrogens is 286 g/mol. The van der Waals surface area contributed by atoms with Gasteiger partial charge in [-0.1, -0.05) is 17.7 Å². The molecule has 0 unspecified atom stereocenters. The molecule has 1 saturated heterocycles. The summed E-state index contributed by atoms with van der Waals surface area (Å²) >= 11 is 6.06. The number of likely N-dealkylation sites (tertiary alicyclic amines) is 1. The number of carbonyl (C=O) groups excluding carboxylic acids is 1. The summed E-state index contributed by atoms with van der Waals surface area (Å²) in [6.07, 6.45) is 2.61. The molecule has 4 nitrogen and oxygen atoms in total. The summed E-state index contributed by atoms with van der Waals surface area (Å²) in [5, 5.41) is 3.61. The van der Waals surface area contributed by atoms with Gasteiger partial charge in [0.25, 0.3) is 0 Å². The fourth-order valence-corrected chi connectivity index (χ4v) is 2.75. The lowest BCUT2D eigenvalue weighted by atomic mass is 10.2. The Kier molecular flexibility index (Phi) is 6.03. The van der Waals surface area contributed by atoms with Gasteiger partial charge in [-0.25, -0.2) is 0 Å². The van der Waals surface area contributed by atoms with Crippen LogP contribution >= 0.6 is 11.6 Å². The molecule has 1 aromatic carbocycles. The number of hydrogen-bond donors (Lipinski definition) is 1. The fourth-order valence-electron chi connectivity index (χ4n) is 2.58. The quantitative estimate of drug-likeness (QED) is 0.877. The van der Waals surface area contributed by atoms with E-state index in [1.165, 1.54) is 25.9 Å². The summed E-state index contributed by atoms with van der Waals surface area (Å²) in [6, 6.07) is 5.56. The minimum absolute atomic E-state index is 0.00397. The van der Waals surface area contributed by atoms with Crippen molar-refractivity contribution in [2.45, 2.75) is 19.8 Å². The van der Waals surface area contributed by atoms with Crippen LogP contribution in [0.4, 0.5) is 5.69 Å². The summed E-state index contributed by atoms with van der Waals surface area (Å²) in [4.78, 5) is 16.6. The number of anilines is 1. The van der Waals surface area contributed by atoms with Gasteiger partial charge in [-0.15, -0.1) is 0 Å². The van der Waals surface area contributed by atoms with Crippen LogP contribution in [0.2, 0.25) is 5.02 Å². The van der Waals surface area contributed by atoms with Crippen LogP contribution in [-0.4, -0.2) is 55.5 Å². The van der Waals surface area contributed by atoms with E-state index in [1.807, 2.05) is 32.2 Å². The van der Waals surface area contributed by atoms with Crippen molar-refractivity contribution in [2.75, 3.05) is 45.1 Å². The third-order valence-electron chi connectivity index (χ3n) is 3.95. The predicted octanol–water partition coefficient (Wildman–Crippen LogP) is 2.61. The van der Waals surface area contributed by atoms with Gasteiger partial charge in [0.15, 0.2) is 0 Å². The molecule has 2 rings (SSSR count). The molecule has 1 aliphatic rings. The molecule has 0 aromatic heterocycles. The molecule has 0 spiro atoms. The molecular formula is C16H24ClN3O. The number of nitrogens with one attached hydrogen (secondary N) is 1. The summed E-state index contributed by atoms with van der Waals surface area (Å²) in [5.41, 5.74) is 1.70. The van der Waals surface area contributed by atoms with Crippen molar-refractivity contribution in [1.29, 1.82) is 0 Å². The van der Waals surface area contributed by atoms with E-state index in [1.54, 1.807) is 0 Å². The largest absolute Gasteiger partial charge is 0.325 e. The molecule has 5 heteroatoms. The first kappa shape index (κ1) is 16.3. The van der Waals surface area contributed by atoms with Crippen molar-refractivity contribution in [1.82, 2.24) is 9.80 Å². The summed E-state index contributed by atoms with van der Waals surface area (Å²) in [6.45, 7) is 6.67.